The van der Waals surface area contributed by atoms with Gasteiger partial charge in [0.15, 0.2) is 5.16 Å². The number of carbonyl (C=O) groups is 1. The van der Waals surface area contributed by atoms with Crippen molar-refractivity contribution in [2.24, 2.45) is 0 Å². The summed E-state index contributed by atoms with van der Waals surface area (Å²) in [6, 6.07) is 14.3. The number of rotatable bonds is 6. The Morgan fingerprint density at radius 3 is 2.65 bits per heavy atom. The van der Waals surface area contributed by atoms with Crippen LogP contribution < -0.4 is 5.32 Å². The van der Waals surface area contributed by atoms with Crippen LogP contribution in [0.4, 0.5) is 5.69 Å². The predicted octanol–water partition coefficient (Wildman–Crippen LogP) is 4.78. The summed E-state index contributed by atoms with van der Waals surface area (Å²) >= 11 is 1.44. The molecule has 3 rings (SSSR count). The molecule has 0 aliphatic carbocycles. The molecule has 134 valence electrons. The third-order valence-corrected chi connectivity index (χ3v) is 5.18. The van der Waals surface area contributed by atoms with Gasteiger partial charge in [0.05, 0.1) is 11.4 Å². The van der Waals surface area contributed by atoms with Gasteiger partial charge in [-0.1, -0.05) is 43.0 Å². The first-order chi connectivity index (χ1) is 12.6. The Labute approximate surface area is 158 Å². The molecule has 0 atom stereocenters. The lowest BCUT2D eigenvalue weighted by Gasteiger charge is -2.11. The van der Waals surface area contributed by atoms with Crippen molar-refractivity contribution in [2.45, 2.75) is 32.3 Å². The Balaban J connectivity index is 1.66. The van der Waals surface area contributed by atoms with Crippen molar-refractivity contribution in [3.05, 3.63) is 71.5 Å². The number of carbonyl (C=O) groups excluding carboxylic acids is 1. The standard InChI is InChI=1S/C21H23N3OS/c1-4-17-7-9-18(10-8-17)23-20(25)14-26-21-22-11-12-24(21)19-13-15(2)5-6-16(19)3/h5-13H,4,14H2,1-3H3,(H,23,25). The van der Waals surface area contributed by atoms with Crippen LogP contribution in [0.3, 0.4) is 0 Å². The summed E-state index contributed by atoms with van der Waals surface area (Å²) in [6.45, 7) is 6.27. The van der Waals surface area contributed by atoms with Crippen molar-refractivity contribution < 1.29 is 4.79 Å². The third kappa shape index (κ3) is 4.35. The van der Waals surface area contributed by atoms with Crippen molar-refractivity contribution >= 4 is 23.4 Å². The number of thioether (sulfide) groups is 1. The van der Waals surface area contributed by atoms with Gasteiger partial charge in [0.1, 0.15) is 0 Å². The maximum Gasteiger partial charge on any atom is 0.234 e. The average Bonchev–Trinajstić information content (AvgIpc) is 3.11. The first-order valence-corrected chi connectivity index (χ1v) is 9.68. The number of anilines is 1. The van der Waals surface area contributed by atoms with E-state index < -0.39 is 0 Å². The summed E-state index contributed by atoms with van der Waals surface area (Å²) in [7, 11) is 0. The molecule has 26 heavy (non-hydrogen) atoms. The lowest BCUT2D eigenvalue weighted by molar-refractivity contribution is -0.113. The Morgan fingerprint density at radius 1 is 1.15 bits per heavy atom. The summed E-state index contributed by atoms with van der Waals surface area (Å²) in [5, 5.41) is 3.75. The van der Waals surface area contributed by atoms with Gasteiger partial charge in [-0.05, 0) is 55.2 Å². The molecular weight excluding hydrogens is 342 g/mol. The van der Waals surface area contributed by atoms with E-state index in [4.69, 9.17) is 0 Å². The predicted molar refractivity (Wildman–Crippen MR) is 108 cm³/mol. The Morgan fingerprint density at radius 2 is 1.92 bits per heavy atom. The first-order valence-electron chi connectivity index (χ1n) is 8.69. The number of hydrogen-bond acceptors (Lipinski definition) is 3. The summed E-state index contributed by atoms with van der Waals surface area (Å²) in [5.41, 5.74) is 5.55. The summed E-state index contributed by atoms with van der Waals surface area (Å²) in [6.07, 6.45) is 4.70. The molecule has 1 N–H and O–H groups in total. The molecule has 1 aromatic heterocycles. The van der Waals surface area contributed by atoms with Crippen molar-refractivity contribution in [1.29, 1.82) is 0 Å². The molecule has 4 nitrogen and oxygen atoms in total. The van der Waals surface area contributed by atoms with E-state index in [1.165, 1.54) is 28.5 Å². The number of imidazole rings is 1. The molecule has 0 saturated heterocycles. The van der Waals surface area contributed by atoms with E-state index in [1.807, 2.05) is 35.0 Å². The largest absolute Gasteiger partial charge is 0.325 e. The minimum Gasteiger partial charge on any atom is -0.325 e. The summed E-state index contributed by atoms with van der Waals surface area (Å²) in [5.74, 6) is 0.284. The number of aromatic nitrogens is 2. The van der Waals surface area contributed by atoms with E-state index in [9.17, 15) is 4.79 Å². The molecule has 0 radical (unpaired) electrons. The van der Waals surface area contributed by atoms with Gasteiger partial charge < -0.3 is 5.32 Å². The molecule has 1 heterocycles. The van der Waals surface area contributed by atoms with Crippen LogP contribution in [0.5, 0.6) is 0 Å². The molecule has 0 fully saturated rings. The van der Waals surface area contributed by atoms with E-state index in [2.05, 4.69) is 49.3 Å². The zero-order valence-electron chi connectivity index (χ0n) is 15.3. The van der Waals surface area contributed by atoms with Gasteiger partial charge in [-0.25, -0.2) is 4.98 Å². The molecule has 5 heteroatoms. The highest BCUT2D eigenvalue weighted by Gasteiger charge is 2.11. The normalized spacial score (nSPS) is 10.7. The minimum absolute atomic E-state index is 0.0326. The van der Waals surface area contributed by atoms with Gasteiger partial charge in [0.2, 0.25) is 5.91 Å². The van der Waals surface area contributed by atoms with Crippen LogP contribution in [0.1, 0.15) is 23.6 Å². The molecule has 2 aromatic carbocycles. The quantitative estimate of drug-likeness (QED) is 0.639. The molecule has 0 spiro atoms. The molecule has 1 amide bonds. The minimum atomic E-state index is -0.0326. The second-order valence-electron chi connectivity index (χ2n) is 6.26. The van der Waals surface area contributed by atoms with E-state index in [-0.39, 0.29) is 5.91 Å². The molecular formula is C21H23N3OS. The van der Waals surface area contributed by atoms with Gasteiger partial charge in [-0.2, -0.15) is 0 Å². The SMILES string of the molecule is CCc1ccc(NC(=O)CSc2nccn2-c2cc(C)ccc2C)cc1. The Kier molecular flexibility index (Phi) is 5.78. The fourth-order valence-electron chi connectivity index (χ4n) is 2.71. The number of nitrogens with one attached hydrogen (secondary N) is 1. The molecule has 0 bridgehead atoms. The summed E-state index contributed by atoms with van der Waals surface area (Å²) < 4.78 is 2.04. The number of amides is 1. The lowest BCUT2D eigenvalue weighted by Crippen LogP contribution is -2.14. The van der Waals surface area contributed by atoms with Crippen molar-refractivity contribution in [3.63, 3.8) is 0 Å². The molecule has 0 unspecified atom stereocenters. The van der Waals surface area contributed by atoms with Gasteiger partial charge in [-0.15, -0.1) is 0 Å². The smallest absolute Gasteiger partial charge is 0.234 e. The fraction of sp³-hybridized carbons (Fsp3) is 0.238. The number of aryl methyl sites for hydroxylation is 3. The van der Waals surface area contributed by atoms with E-state index in [1.54, 1.807) is 6.20 Å². The Bertz CT molecular complexity index is 900. The first kappa shape index (κ1) is 18.3. The van der Waals surface area contributed by atoms with Crippen molar-refractivity contribution in [2.75, 3.05) is 11.1 Å². The van der Waals surface area contributed by atoms with Crippen LogP contribution in [0, 0.1) is 13.8 Å². The zero-order chi connectivity index (χ0) is 18.5. The van der Waals surface area contributed by atoms with Crippen molar-refractivity contribution in [3.8, 4) is 5.69 Å². The van der Waals surface area contributed by atoms with Gasteiger partial charge in [0, 0.05) is 18.1 Å². The maximum atomic E-state index is 12.3. The molecule has 0 saturated carbocycles. The Hall–Kier alpha value is -2.53. The van der Waals surface area contributed by atoms with Crippen LogP contribution in [0.15, 0.2) is 60.0 Å². The number of benzene rings is 2. The third-order valence-electron chi connectivity index (χ3n) is 4.21. The van der Waals surface area contributed by atoms with Crippen molar-refractivity contribution in [1.82, 2.24) is 9.55 Å². The van der Waals surface area contributed by atoms with E-state index in [0.29, 0.717) is 5.75 Å². The van der Waals surface area contributed by atoms with E-state index in [0.717, 1.165) is 23.0 Å². The zero-order valence-corrected chi connectivity index (χ0v) is 16.1. The molecule has 0 aliphatic rings. The maximum absolute atomic E-state index is 12.3. The average molecular weight is 366 g/mol. The highest BCUT2D eigenvalue weighted by Crippen LogP contribution is 2.23. The second-order valence-corrected chi connectivity index (χ2v) is 7.20. The molecule has 3 aromatic rings. The summed E-state index contributed by atoms with van der Waals surface area (Å²) in [4.78, 5) is 16.7. The van der Waals surface area contributed by atoms with Crippen LogP contribution in [0.2, 0.25) is 0 Å². The van der Waals surface area contributed by atoms with Gasteiger partial charge in [-0.3, -0.25) is 9.36 Å². The van der Waals surface area contributed by atoms with Gasteiger partial charge in [0.25, 0.3) is 0 Å². The van der Waals surface area contributed by atoms with Crippen LogP contribution in [-0.4, -0.2) is 21.2 Å². The van der Waals surface area contributed by atoms with Crippen LogP contribution in [0.25, 0.3) is 5.69 Å². The second kappa shape index (κ2) is 8.23. The highest BCUT2D eigenvalue weighted by molar-refractivity contribution is 7.99. The molecule has 0 aliphatic heterocycles. The van der Waals surface area contributed by atoms with E-state index >= 15 is 0 Å². The fourth-order valence-corrected chi connectivity index (χ4v) is 3.48. The van der Waals surface area contributed by atoms with Crippen LogP contribution >= 0.6 is 11.8 Å². The lowest BCUT2D eigenvalue weighted by atomic mass is 10.1. The highest BCUT2D eigenvalue weighted by atomic mass is 32.2. The monoisotopic (exact) mass is 365 g/mol. The number of hydrogen-bond donors (Lipinski definition) is 1. The number of nitrogens with zero attached hydrogens (tertiary/aromatic N) is 2. The van der Waals surface area contributed by atoms with Gasteiger partial charge >= 0.3 is 0 Å². The topological polar surface area (TPSA) is 46.9 Å². The van der Waals surface area contributed by atoms with Crippen LogP contribution in [-0.2, 0) is 11.2 Å².